The standard InChI is InChI=1S/C20H19NO3/c22-20(21-23-15-16-7-3-1-4-8-16)14-12-18-11-13-19(24-18)17-9-5-2-6-10-17/h1-11,13H,12,14-15H2,(H,21,22). The highest BCUT2D eigenvalue weighted by Crippen LogP contribution is 2.22. The smallest absolute Gasteiger partial charge is 0.243 e. The predicted octanol–water partition coefficient (Wildman–Crippen LogP) is 4.13. The lowest BCUT2D eigenvalue weighted by Crippen LogP contribution is -2.23. The van der Waals surface area contributed by atoms with Gasteiger partial charge in [-0.3, -0.25) is 9.63 Å². The van der Waals surface area contributed by atoms with Crippen molar-refractivity contribution in [1.82, 2.24) is 5.48 Å². The minimum Gasteiger partial charge on any atom is -0.461 e. The third kappa shape index (κ3) is 4.57. The van der Waals surface area contributed by atoms with Crippen molar-refractivity contribution in [3.63, 3.8) is 0 Å². The Balaban J connectivity index is 1.42. The van der Waals surface area contributed by atoms with Crippen molar-refractivity contribution in [1.29, 1.82) is 0 Å². The second-order valence-electron chi connectivity index (χ2n) is 5.43. The van der Waals surface area contributed by atoms with Crippen LogP contribution in [0.4, 0.5) is 0 Å². The highest BCUT2D eigenvalue weighted by atomic mass is 16.6. The minimum atomic E-state index is -0.163. The lowest BCUT2D eigenvalue weighted by molar-refractivity contribution is -0.134. The number of rotatable bonds is 7. The number of nitrogens with one attached hydrogen (secondary N) is 1. The summed E-state index contributed by atoms with van der Waals surface area (Å²) in [6.07, 6.45) is 0.851. The number of carbonyl (C=O) groups excluding carboxylic acids is 1. The molecule has 0 spiro atoms. The molecule has 1 heterocycles. The summed E-state index contributed by atoms with van der Waals surface area (Å²) in [6.45, 7) is 0.353. The van der Waals surface area contributed by atoms with Gasteiger partial charge in [0.1, 0.15) is 11.5 Å². The Morgan fingerprint density at radius 3 is 2.38 bits per heavy atom. The summed E-state index contributed by atoms with van der Waals surface area (Å²) in [4.78, 5) is 17.0. The fourth-order valence-corrected chi connectivity index (χ4v) is 2.33. The molecular formula is C20H19NO3. The number of benzene rings is 2. The Hall–Kier alpha value is -2.85. The van der Waals surface area contributed by atoms with Crippen molar-refractivity contribution in [3.8, 4) is 11.3 Å². The van der Waals surface area contributed by atoms with Crippen molar-refractivity contribution in [3.05, 3.63) is 84.1 Å². The van der Waals surface area contributed by atoms with Crippen LogP contribution in [-0.4, -0.2) is 5.91 Å². The van der Waals surface area contributed by atoms with Gasteiger partial charge >= 0.3 is 0 Å². The average molecular weight is 321 g/mol. The van der Waals surface area contributed by atoms with Crippen molar-refractivity contribution in [2.75, 3.05) is 0 Å². The van der Waals surface area contributed by atoms with Gasteiger partial charge in [-0.1, -0.05) is 60.7 Å². The van der Waals surface area contributed by atoms with Gasteiger partial charge in [-0.05, 0) is 17.7 Å². The van der Waals surface area contributed by atoms with Gasteiger partial charge in [0, 0.05) is 18.4 Å². The van der Waals surface area contributed by atoms with E-state index in [1.54, 1.807) is 0 Å². The number of amides is 1. The molecule has 0 saturated heterocycles. The van der Waals surface area contributed by atoms with Gasteiger partial charge in [0.25, 0.3) is 0 Å². The van der Waals surface area contributed by atoms with E-state index in [-0.39, 0.29) is 5.91 Å². The lowest BCUT2D eigenvalue weighted by atomic mass is 10.2. The zero-order valence-corrected chi connectivity index (χ0v) is 13.3. The zero-order valence-electron chi connectivity index (χ0n) is 13.3. The molecule has 1 aromatic heterocycles. The quantitative estimate of drug-likeness (QED) is 0.666. The number of aryl methyl sites for hydroxylation is 1. The van der Waals surface area contributed by atoms with E-state index >= 15 is 0 Å². The van der Waals surface area contributed by atoms with E-state index in [2.05, 4.69) is 5.48 Å². The van der Waals surface area contributed by atoms with Gasteiger partial charge in [0.2, 0.25) is 5.91 Å². The summed E-state index contributed by atoms with van der Waals surface area (Å²) >= 11 is 0. The van der Waals surface area contributed by atoms with Crippen LogP contribution in [0.2, 0.25) is 0 Å². The summed E-state index contributed by atoms with van der Waals surface area (Å²) < 4.78 is 5.77. The summed E-state index contributed by atoms with van der Waals surface area (Å²) in [5, 5.41) is 0. The maximum atomic E-state index is 11.8. The van der Waals surface area contributed by atoms with Gasteiger partial charge in [0.15, 0.2) is 0 Å². The molecule has 1 N–H and O–H groups in total. The van der Waals surface area contributed by atoms with Crippen LogP contribution in [0.1, 0.15) is 17.7 Å². The molecule has 0 bridgehead atoms. The summed E-state index contributed by atoms with van der Waals surface area (Å²) in [7, 11) is 0. The molecule has 0 fully saturated rings. The van der Waals surface area contributed by atoms with Crippen molar-refractivity contribution < 1.29 is 14.0 Å². The van der Waals surface area contributed by atoms with Crippen molar-refractivity contribution in [2.24, 2.45) is 0 Å². The summed E-state index contributed by atoms with van der Waals surface area (Å²) in [5.74, 6) is 1.43. The Kier molecular flexibility index (Phi) is 5.43. The first kappa shape index (κ1) is 16.0. The van der Waals surface area contributed by atoms with Crippen molar-refractivity contribution >= 4 is 5.91 Å². The Labute approximate surface area is 141 Å². The Morgan fingerprint density at radius 1 is 0.917 bits per heavy atom. The first-order valence-electron chi connectivity index (χ1n) is 7.90. The van der Waals surface area contributed by atoms with Crippen molar-refractivity contribution in [2.45, 2.75) is 19.4 Å². The molecule has 0 aliphatic carbocycles. The Morgan fingerprint density at radius 2 is 1.62 bits per heavy atom. The maximum Gasteiger partial charge on any atom is 0.243 e. The minimum absolute atomic E-state index is 0.163. The third-order valence-corrected chi connectivity index (χ3v) is 3.59. The lowest BCUT2D eigenvalue weighted by Gasteiger charge is -2.05. The fraction of sp³-hybridized carbons (Fsp3) is 0.150. The van der Waals surface area contributed by atoms with E-state index in [0.29, 0.717) is 19.4 Å². The van der Waals surface area contributed by atoms with E-state index in [4.69, 9.17) is 9.25 Å². The van der Waals surface area contributed by atoms with Crippen LogP contribution < -0.4 is 5.48 Å². The van der Waals surface area contributed by atoms with E-state index < -0.39 is 0 Å². The highest BCUT2D eigenvalue weighted by Gasteiger charge is 2.07. The normalized spacial score (nSPS) is 10.5. The molecule has 1 amide bonds. The molecule has 0 aliphatic heterocycles. The summed E-state index contributed by atoms with van der Waals surface area (Å²) in [6, 6.07) is 23.4. The molecule has 0 aliphatic rings. The number of hydroxylamine groups is 1. The largest absolute Gasteiger partial charge is 0.461 e. The summed E-state index contributed by atoms with van der Waals surface area (Å²) in [5.41, 5.74) is 4.50. The van der Waals surface area contributed by atoms with Crippen LogP contribution >= 0.6 is 0 Å². The van der Waals surface area contributed by atoms with Crippen LogP contribution in [-0.2, 0) is 22.7 Å². The topological polar surface area (TPSA) is 51.5 Å². The fourth-order valence-electron chi connectivity index (χ4n) is 2.33. The van der Waals surface area contributed by atoms with E-state index in [1.807, 2.05) is 72.8 Å². The average Bonchev–Trinajstić information content (AvgIpc) is 3.11. The molecule has 24 heavy (non-hydrogen) atoms. The van der Waals surface area contributed by atoms with Crippen LogP contribution in [0.5, 0.6) is 0 Å². The monoisotopic (exact) mass is 321 g/mol. The molecule has 0 saturated carbocycles. The van der Waals surface area contributed by atoms with Crippen LogP contribution in [0, 0.1) is 0 Å². The van der Waals surface area contributed by atoms with E-state index in [0.717, 1.165) is 22.6 Å². The first-order chi connectivity index (χ1) is 11.8. The number of carbonyl (C=O) groups is 1. The molecule has 0 atom stereocenters. The second kappa shape index (κ2) is 8.13. The molecule has 122 valence electrons. The number of hydrogen-bond acceptors (Lipinski definition) is 3. The molecule has 3 rings (SSSR count). The predicted molar refractivity (Wildman–Crippen MR) is 91.8 cm³/mol. The van der Waals surface area contributed by atoms with E-state index in [9.17, 15) is 4.79 Å². The molecule has 0 radical (unpaired) electrons. The molecule has 2 aromatic carbocycles. The van der Waals surface area contributed by atoms with E-state index in [1.165, 1.54) is 0 Å². The first-order valence-corrected chi connectivity index (χ1v) is 7.90. The second-order valence-corrected chi connectivity index (χ2v) is 5.43. The van der Waals surface area contributed by atoms with Crippen LogP contribution in [0.25, 0.3) is 11.3 Å². The highest BCUT2D eigenvalue weighted by molar-refractivity contribution is 5.75. The van der Waals surface area contributed by atoms with Crippen LogP contribution in [0.3, 0.4) is 0 Å². The molecule has 4 heteroatoms. The van der Waals surface area contributed by atoms with Gasteiger partial charge in [-0.25, -0.2) is 5.48 Å². The third-order valence-electron chi connectivity index (χ3n) is 3.59. The SMILES string of the molecule is O=C(CCc1ccc(-c2ccccc2)o1)NOCc1ccccc1. The number of hydrogen-bond donors (Lipinski definition) is 1. The molecule has 0 unspecified atom stereocenters. The van der Waals surface area contributed by atoms with Gasteiger partial charge < -0.3 is 4.42 Å². The molecule has 3 aromatic rings. The maximum absolute atomic E-state index is 11.8. The van der Waals surface area contributed by atoms with Crippen LogP contribution in [0.15, 0.2) is 77.2 Å². The molecule has 4 nitrogen and oxygen atoms in total. The van der Waals surface area contributed by atoms with Gasteiger partial charge in [0.05, 0.1) is 6.61 Å². The molecular weight excluding hydrogens is 302 g/mol. The van der Waals surface area contributed by atoms with Gasteiger partial charge in [-0.15, -0.1) is 0 Å². The number of furan rings is 1. The van der Waals surface area contributed by atoms with Gasteiger partial charge in [-0.2, -0.15) is 0 Å². The zero-order chi connectivity index (χ0) is 16.6. The Bertz CT molecular complexity index is 766.